The van der Waals surface area contributed by atoms with E-state index in [0.29, 0.717) is 11.4 Å². The summed E-state index contributed by atoms with van der Waals surface area (Å²) >= 11 is 0. The Kier molecular flexibility index (Phi) is 3.43. The van der Waals surface area contributed by atoms with Crippen molar-refractivity contribution in [1.29, 1.82) is 0 Å². The van der Waals surface area contributed by atoms with E-state index in [9.17, 15) is 4.79 Å². The molecule has 17 heavy (non-hydrogen) atoms. The molecule has 0 amide bonds. The first kappa shape index (κ1) is 12.0. The molecule has 1 fully saturated rings. The van der Waals surface area contributed by atoms with Crippen molar-refractivity contribution in [2.24, 2.45) is 0 Å². The average molecular weight is 235 g/mol. The quantitative estimate of drug-likeness (QED) is 0.751. The van der Waals surface area contributed by atoms with Gasteiger partial charge in [-0.2, -0.15) is 0 Å². The van der Waals surface area contributed by atoms with Crippen LogP contribution in [0, 0.1) is 0 Å². The Morgan fingerprint density at radius 3 is 2.65 bits per heavy atom. The molecule has 0 aliphatic heterocycles. The Morgan fingerprint density at radius 1 is 1.35 bits per heavy atom. The normalized spacial score (nSPS) is 18.0. The first-order chi connectivity index (χ1) is 8.23. The number of ketones is 1. The smallest absolute Gasteiger partial charge is 0.216 e. The second-order valence-electron chi connectivity index (χ2n) is 4.29. The van der Waals surface area contributed by atoms with Gasteiger partial charge in [0.25, 0.3) is 0 Å². The molecule has 1 aliphatic carbocycles. The van der Waals surface area contributed by atoms with E-state index in [4.69, 9.17) is 9.47 Å². The van der Waals surface area contributed by atoms with Gasteiger partial charge in [0.05, 0.1) is 7.11 Å². The standard InChI is InChI=1S/C13H17NO3/c1-16-10-6-5-9-14-11(10)12(15)13(17-2)7-3-4-8-13/h5-6,9H,3-4,7-8H2,1-2H3. The maximum Gasteiger partial charge on any atom is 0.216 e. The Bertz CT molecular complexity index is 411. The molecule has 0 saturated heterocycles. The van der Waals surface area contributed by atoms with Crippen molar-refractivity contribution in [3.05, 3.63) is 24.0 Å². The van der Waals surface area contributed by atoms with Gasteiger partial charge in [0, 0.05) is 13.3 Å². The summed E-state index contributed by atoms with van der Waals surface area (Å²) in [5, 5.41) is 0. The zero-order valence-electron chi connectivity index (χ0n) is 10.2. The third kappa shape index (κ3) is 2.05. The SMILES string of the molecule is COc1cccnc1C(=O)C1(OC)CCCC1. The maximum atomic E-state index is 12.5. The lowest BCUT2D eigenvalue weighted by molar-refractivity contribution is 0.00536. The van der Waals surface area contributed by atoms with Crippen molar-refractivity contribution in [3.8, 4) is 5.75 Å². The highest BCUT2D eigenvalue weighted by Crippen LogP contribution is 2.36. The third-order valence-electron chi connectivity index (χ3n) is 3.42. The molecular weight excluding hydrogens is 218 g/mol. The molecule has 0 bridgehead atoms. The van der Waals surface area contributed by atoms with Crippen LogP contribution < -0.4 is 4.74 Å². The molecule has 2 rings (SSSR count). The van der Waals surface area contributed by atoms with Gasteiger partial charge in [-0.25, -0.2) is 4.98 Å². The number of Topliss-reactive ketones (excluding diaryl/α,β-unsaturated/α-hetero) is 1. The number of aromatic nitrogens is 1. The molecule has 1 saturated carbocycles. The van der Waals surface area contributed by atoms with Crippen molar-refractivity contribution < 1.29 is 14.3 Å². The van der Waals surface area contributed by atoms with Gasteiger partial charge in [-0.15, -0.1) is 0 Å². The third-order valence-corrected chi connectivity index (χ3v) is 3.42. The van der Waals surface area contributed by atoms with Crippen LogP contribution in [0.5, 0.6) is 5.75 Å². The summed E-state index contributed by atoms with van der Waals surface area (Å²) in [7, 11) is 3.14. The molecule has 1 aliphatic rings. The van der Waals surface area contributed by atoms with Gasteiger partial charge >= 0.3 is 0 Å². The molecular formula is C13H17NO3. The number of nitrogens with zero attached hydrogens (tertiary/aromatic N) is 1. The Hall–Kier alpha value is -1.42. The highest BCUT2D eigenvalue weighted by Gasteiger charge is 2.43. The van der Waals surface area contributed by atoms with Gasteiger partial charge in [0.1, 0.15) is 11.4 Å². The maximum absolute atomic E-state index is 12.5. The van der Waals surface area contributed by atoms with Crippen LogP contribution in [0.1, 0.15) is 36.2 Å². The fraction of sp³-hybridized carbons (Fsp3) is 0.538. The largest absolute Gasteiger partial charge is 0.494 e. The van der Waals surface area contributed by atoms with E-state index in [-0.39, 0.29) is 5.78 Å². The van der Waals surface area contributed by atoms with E-state index >= 15 is 0 Å². The van der Waals surface area contributed by atoms with Crippen molar-refractivity contribution >= 4 is 5.78 Å². The average Bonchev–Trinajstić information content (AvgIpc) is 2.88. The zero-order valence-corrected chi connectivity index (χ0v) is 10.2. The highest BCUT2D eigenvalue weighted by atomic mass is 16.5. The Balaban J connectivity index is 2.35. The van der Waals surface area contributed by atoms with Crippen LogP contribution in [0.25, 0.3) is 0 Å². The van der Waals surface area contributed by atoms with E-state index < -0.39 is 5.60 Å². The molecule has 0 radical (unpaired) electrons. The molecule has 1 aromatic heterocycles. The number of carbonyl (C=O) groups excluding carboxylic acids is 1. The van der Waals surface area contributed by atoms with E-state index in [1.165, 1.54) is 0 Å². The fourth-order valence-electron chi connectivity index (χ4n) is 2.41. The van der Waals surface area contributed by atoms with Crippen LogP contribution in [-0.2, 0) is 4.74 Å². The first-order valence-electron chi connectivity index (χ1n) is 5.82. The van der Waals surface area contributed by atoms with Crippen LogP contribution in [0.4, 0.5) is 0 Å². The summed E-state index contributed by atoms with van der Waals surface area (Å²) < 4.78 is 10.6. The Labute approximate surface area is 101 Å². The summed E-state index contributed by atoms with van der Waals surface area (Å²) in [6, 6.07) is 3.50. The lowest BCUT2D eigenvalue weighted by Crippen LogP contribution is -2.38. The minimum Gasteiger partial charge on any atom is -0.494 e. The summed E-state index contributed by atoms with van der Waals surface area (Å²) in [4.78, 5) is 16.6. The Morgan fingerprint density at radius 2 is 2.06 bits per heavy atom. The number of carbonyl (C=O) groups is 1. The number of pyridine rings is 1. The zero-order chi connectivity index (χ0) is 12.3. The summed E-state index contributed by atoms with van der Waals surface area (Å²) in [5.41, 5.74) is -0.319. The van der Waals surface area contributed by atoms with Crippen molar-refractivity contribution in [2.45, 2.75) is 31.3 Å². The van der Waals surface area contributed by atoms with Gasteiger partial charge in [0.2, 0.25) is 5.78 Å². The van der Waals surface area contributed by atoms with Crippen molar-refractivity contribution in [2.75, 3.05) is 14.2 Å². The topological polar surface area (TPSA) is 48.4 Å². The second-order valence-corrected chi connectivity index (χ2v) is 4.29. The van der Waals surface area contributed by atoms with E-state index in [1.807, 2.05) is 0 Å². The van der Waals surface area contributed by atoms with Crippen LogP contribution in [-0.4, -0.2) is 30.6 Å². The fourth-order valence-corrected chi connectivity index (χ4v) is 2.41. The molecule has 92 valence electrons. The van der Waals surface area contributed by atoms with Gasteiger partial charge < -0.3 is 9.47 Å². The molecule has 4 heteroatoms. The molecule has 0 spiro atoms. The predicted octanol–water partition coefficient (Wildman–Crippen LogP) is 2.23. The van der Waals surface area contributed by atoms with E-state index in [2.05, 4.69) is 4.98 Å². The number of hydrogen-bond donors (Lipinski definition) is 0. The van der Waals surface area contributed by atoms with Crippen LogP contribution >= 0.6 is 0 Å². The molecule has 0 aromatic carbocycles. The molecule has 4 nitrogen and oxygen atoms in total. The van der Waals surface area contributed by atoms with E-state index in [1.54, 1.807) is 32.5 Å². The monoisotopic (exact) mass is 235 g/mol. The van der Waals surface area contributed by atoms with Crippen LogP contribution in [0.3, 0.4) is 0 Å². The number of methoxy groups -OCH3 is 2. The number of ether oxygens (including phenoxy) is 2. The summed E-state index contributed by atoms with van der Waals surface area (Å²) in [6.07, 6.45) is 5.18. The molecule has 0 atom stereocenters. The predicted molar refractivity (Wildman–Crippen MR) is 63.3 cm³/mol. The van der Waals surface area contributed by atoms with Gasteiger partial charge in [-0.3, -0.25) is 4.79 Å². The number of rotatable bonds is 4. The second kappa shape index (κ2) is 4.84. The summed E-state index contributed by atoms with van der Waals surface area (Å²) in [5.74, 6) is 0.454. The van der Waals surface area contributed by atoms with Crippen LogP contribution in [0.15, 0.2) is 18.3 Å². The van der Waals surface area contributed by atoms with Crippen molar-refractivity contribution in [1.82, 2.24) is 4.98 Å². The molecule has 1 heterocycles. The molecule has 1 aromatic rings. The first-order valence-corrected chi connectivity index (χ1v) is 5.82. The minimum absolute atomic E-state index is 0.0602. The van der Waals surface area contributed by atoms with E-state index in [0.717, 1.165) is 25.7 Å². The van der Waals surface area contributed by atoms with Gasteiger partial charge in [-0.1, -0.05) is 0 Å². The lowest BCUT2D eigenvalue weighted by Gasteiger charge is -2.25. The van der Waals surface area contributed by atoms with Crippen molar-refractivity contribution in [3.63, 3.8) is 0 Å². The van der Waals surface area contributed by atoms with Gasteiger partial charge in [0.15, 0.2) is 5.69 Å². The minimum atomic E-state index is -0.693. The molecule has 0 unspecified atom stereocenters. The molecule has 0 N–H and O–H groups in total. The number of hydrogen-bond acceptors (Lipinski definition) is 4. The summed E-state index contributed by atoms with van der Waals surface area (Å²) in [6.45, 7) is 0. The highest BCUT2D eigenvalue weighted by molar-refractivity contribution is 6.03. The van der Waals surface area contributed by atoms with Gasteiger partial charge in [-0.05, 0) is 37.8 Å². The van der Waals surface area contributed by atoms with Crippen LogP contribution in [0.2, 0.25) is 0 Å². The lowest BCUT2D eigenvalue weighted by atomic mass is 9.93.